The molecule has 0 aliphatic carbocycles. The number of H-pyrrole nitrogens is 1. The van der Waals surface area contributed by atoms with Crippen LogP contribution in [0.3, 0.4) is 0 Å². The summed E-state index contributed by atoms with van der Waals surface area (Å²) in [5.74, 6) is 0. The molecular formula is C17H18N4. The van der Waals surface area contributed by atoms with Crippen LogP contribution in [0.15, 0.2) is 55.0 Å². The van der Waals surface area contributed by atoms with Crippen molar-refractivity contribution in [2.24, 2.45) is 0 Å². The lowest BCUT2D eigenvalue weighted by Crippen LogP contribution is -2.00. The first-order valence-corrected chi connectivity index (χ1v) is 7.12. The van der Waals surface area contributed by atoms with E-state index in [2.05, 4.69) is 51.7 Å². The normalized spacial score (nSPS) is 10.5. The van der Waals surface area contributed by atoms with E-state index in [1.54, 1.807) is 6.20 Å². The van der Waals surface area contributed by atoms with E-state index in [1.807, 2.05) is 24.5 Å². The monoisotopic (exact) mass is 278 g/mol. The standard InChI is InChI=1S/C17H18N4/c1-2-13-5-7-16(8-6-13)19-11-15-12-20-21-17(15)14-4-3-9-18-10-14/h3-10,12,19H,2,11H2,1H3,(H,20,21). The second-order valence-electron chi connectivity index (χ2n) is 4.92. The number of nitrogens with zero attached hydrogens (tertiary/aromatic N) is 2. The van der Waals surface area contributed by atoms with Gasteiger partial charge in [0.2, 0.25) is 0 Å². The van der Waals surface area contributed by atoms with Crippen molar-refractivity contribution in [2.75, 3.05) is 5.32 Å². The van der Waals surface area contributed by atoms with Crippen LogP contribution < -0.4 is 5.32 Å². The molecule has 4 nitrogen and oxygen atoms in total. The van der Waals surface area contributed by atoms with Crippen molar-refractivity contribution in [3.05, 3.63) is 66.1 Å². The van der Waals surface area contributed by atoms with Crippen molar-refractivity contribution in [2.45, 2.75) is 19.9 Å². The molecule has 0 amide bonds. The zero-order valence-electron chi connectivity index (χ0n) is 12.0. The number of hydrogen-bond donors (Lipinski definition) is 2. The van der Waals surface area contributed by atoms with Gasteiger partial charge in [-0.2, -0.15) is 5.10 Å². The van der Waals surface area contributed by atoms with E-state index in [0.717, 1.165) is 35.5 Å². The Hall–Kier alpha value is -2.62. The third-order valence-electron chi connectivity index (χ3n) is 3.51. The Kier molecular flexibility index (Phi) is 3.96. The number of benzene rings is 1. The summed E-state index contributed by atoms with van der Waals surface area (Å²) < 4.78 is 0. The molecule has 0 aliphatic heterocycles. The van der Waals surface area contributed by atoms with E-state index in [4.69, 9.17) is 0 Å². The van der Waals surface area contributed by atoms with Crippen LogP contribution >= 0.6 is 0 Å². The fourth-order valence-electron chi connectivity index (χ4n) is 2.26. The Labute approximate surface area is 124 Å². The summed E-state index contributed by atoms with van der Waals surface area (Å²) in [4.78, 5) is 4.15. The minimum Gasteiger partial charge on any atom is -0.381 e. The molecule has 106 valence electrons. The molecule has 3 aromatic rings. The summed E-state index contributed by atoms with van der Waals surface area (Å²) in [5.41, 5.74) is 5.65. The summed E-state index contributed by atoms with van der Waals surface area (Å²) in [6.07, 6.45) is 6.53. The zero-order chi connectivity index (χ0) is 14.5. The van der Waals surface area contributed by atoms with Crippen molar-refractivity contribution in [3.8, 4) is 11.3 Å². The maximum atomic E-state index is 4.15. The molecule has 0 spiro atoms. The third-order valence-corrected chi connectivity index (χ3v) is 3.51. The Morgan fingerprint density at radius 2 is 1.95 bits per heavy atom. The van der Waals surface area contributed by atoms with E-state index < -0.39 is 0 Å². The first-order valence-electron chi connectivity index (χ1n) is 7.12. The van der Waals surface area contributed by atoms with Crippen molar-refractivity contribution in [1.29, 1.82) is 0 Å². The minimum atomic E-state index is 0.728. The third kappa shape index (κ3) is 3.11. The molecule has 21 heavy (non-hydrogen) atoms. The van der Waals surface area contributed by atoms with E-state index in [9.17, 15) is 0 Å². The second-order valence-corrected chi connectivity index (χ2v) is 4.92. The topological polar surface area (TPSA) is 53.6 Å². The predicted octanol–water partition coefficient (Wildman–Crippen LogP) is 3.65. The van der Waals surface area contributed by atoms with Gasteiger partial charge in [0, 0.05) is 35.8 Å². The van der Waals surface area contributed by atoms with Gasteiger partial charge in [0.1, 0.15) is 0 Å². The molecule has 4 heteroatoms. The number of nitrogens with one attached hydrogen (secondary N) is 2. The Bertz CT molecular complexity index is 686. The van der Waals surface area contributed by atoms with Crippen LogP contribution in [0, 0.1) is 0 Å². The smallest absolute Gasteiger partial charge is 0.0715 e. The van der Waals surface area contributed by atoms with Crippen molar-refractivity contribution < 1.29 is 0 Å². The molecule has 2 heterocycles. The average molecular weight is 278 g/mol. The van der Waals surface area contributed by atoms with Gasteiger partial charge in [0.05, 0.1) is 11.9 Å². The molecule has 0 aliphatic rings. The number of rotatable bonds is 5. The maximum absolute atomic E-state index is 4.15. The highest BCUT2D eigenvalue weighted by molar-refractivity contribution is 5.62. The summed E-state index contributed by atoms with van der Waals surface area (Å²) in [6.45, 7) is 2.89. The molecule has 0 unspecified atom stereocenters. The Morgan fingerprint density at radius 1 is 1.10 bits per heavy atom. The highest BCUT2D eigenvalue weighted by Crippen LogP contribution is 2.21. The first-order chi connectivity index (χ1) is 10.4. The second kappa shape index (κ2) is 6.22. The molecule has 2 N–H and O–H groups in total. The van der Waals surface area contributed by atoms with E-state index in [0.29, 0.717) is 0 Å². The summed E-state index contributed by atoms with van der Waals surface area (Å²) in [6, 6.07) is 12.5. The fourth-order valence-corrected chi connectivity index (χ4v) is 2.26. The number of aromatic nitrogens is 3. The van der Waals surface area contributed by atoms with Crippen LogP contribution in [-0.2, 0) is 13.0 Å². The lowest BCUT2D eigenvalue weighted by molar-refractivity contribution is 1.09. The number of hydrogen-bond acceptors (Lipinski definition) is 3. The Balaban J connectivity index is 1.72. The van der Waals surface area contributed by atoms with E-state index in [1.165, 1.54) is 5.56 Å². The van der Waals surface area contributed by atoms with Gasteiger partial charge in [-0.05, 0) is 36.2 Å². The molecule has 1 aromatic carbocycles. The minimum absolute atomic E-state index is 0.728. The molecule has 3 rings (SSSR count). The molecule has 0 atom stereocenters. The van der Waals surface area contributed by atoms with Gasteiger partial charge in [-0.25, -0.2) is 0 Å². The largest absolute Gasteiger partial charge is 0.381 e. The van der Waals surface area contributed by atoms with Crippen LogP contribution in [0.5, 0.6) is 0 Å². The van der Waals surface area contributed by atoms with Crippen molar-refractivity contribution >= 4 is 5.69 Å². The van der Waals surface area contributed by atoms with Crippen LogP contribution in [0.25, 0.3) is 11.3 Å². The molecule has 0 saturated carbocycles. The maximum Gasteiger partial charge on any atom is 0.0715 e. The molecule has 0 bridgehead atoms. The van der Waals surface area contributed by atoms with Gasteiger partial charge in [-0.3, -0.25) is 10.1 Å². The molecule has 0 radical (unpaired) electrons. The van der Waals surface area contributed by atoms with Crippen LogP contribution in [0.2, 0.25) is 0 Å². The Morgan fingerprint density at radius 3 is 2.67 bits per heavy atom. The van der Waals surface area contributed by atoms with Crippen molar-refractivity contribution in [1.82, 2.24) is 15.2 Å². The highest BCUT2D eigenvalue weighted by Gasteiger charge is 2.07. The molecule has 0 fully saturated rings. The number of anilines is 1. The van der Waals surface area contributed by atoms with E-state index in [-0.39, 0.29) is 0 Å². The van der Waals surface area contributed by atoms with Crippen LogP contribution in [0.1, 0.15) is 18.1 Å². The van der Waals surface area contributed by atoms with Crippen LogP contribution in [0.4, 0.5) is 5.69 Å². The van der Waals surface area contributed by atoms with Crippen LogP contribution in [-0.4, -0.2) is 15.2 Å². The first kappa shape index (κ1) is 13.4. The summed E-state index contributed by atoms with van der Waals surface area (Å²) in [5, 5.41) is 10.6. The predicted molar refractivity (Wildman–Crippen MR) is 85.0 cm³/mol. The molecule has 2 aromatic heterocycles. The SMILES string of the molecule is CCc1ccc(NCc2cn[nH]c2-c2cccnc2)cc1. The van der Waals surface area contributed by atoms with Gasteiger partial charge in [0.15, 0.2) is 0 Å². The van der Waals surface area contributed by atoms with Gasteiger partial charge in [-0.1, -0.05) is 19.1 Å². The van der Waals surface area contributed by atoms with E-state index >= 15 is 0 Å². The van der Waals surface area contributed by atoms with Gasteiger partial charge < -0.3 is 5.32 Å². The zero-order valence-corrected chi connectivity index (χ0v) is 12.0. The van der Waals surface area contributed by atoms with Gasteiger partial charge >= 0.3 is 0 Å². The van der Waals surface area contributed by atoms with Crippen molar-refractivity contribution in [3.63, 3.8) is 0 Å². The molecule has 0 saturated heterocycles. The lowest BCUT2D eigenvalue weighted by Gasteiger charge is -2.07. The summed E-state index contributed by atoms with van der Waals surface area (Å²) >= 11 is 0. The molecular weight excluding hydrogens is 260 g/mol. The number of aryl methyl sites for hydroxylation is 1. The number of pyridine rings is 1. The lowest BCUT2D eigenvalue weighted by atomic mass is 10.1. The highest BCUT2D eigenvalue weighted by atomic mass is 15.1. The average Bonchev–Trinajstić information content (AvgIpc) is 3.03. The van der Waals surface area contributed by atoms with Gasteiger partial charge in [0.25, 0.3) is 0 Å². The quantitative estimate of drug-likeness (QED) is 0.749. The van der Waals surface area contributed by atoms with Gasteiger partial charge in [-0.15, -0.1) is 0 Å². The number of aromatic amines is 1. The fraction of sp³-hybridized carbons (Fsp3) is 0.176. The summed E-state index contributed by atoms with van der Waals surface area (Å²) in [7, 11) is 0.